The van der Waals surface area contributed by atoms with E-state index in [2.05, 4.69) is 228 Å². The van der Waals surface area contributed by atoms with Crippen molar-refractivity contribution in [2.24, 2.45) is 0 Å². The highest BCUT2D eigenvalue weighted by molar-refractivity contribution is 5.98. The Morgan fingerprint density at radius 2 is 0.950 bits per heavy atom. The number of rotatable bonds is 4. The monoisotopic (exact) mass is 781 g/mol. The number of hydrogen-bond acceptors (Lipinski definition) is 1. The Labute approximate surface area is 359 Å². The molecule has 0 saturated heterocycles. The van der Waals surface area contributed by atoms with Crippen molar-refractivity contribution in [3.05, 3.63) is 184 Å². The lowest BCUT2D eigenvalue weighted by atomic mass is 9.71. The van der Waals surface area contributed by atoms with Gasteiger partial charge in [0.05, 0.1) is 5.69 Å². The SMILES string of the molecule is CC(C)(C)c1cc2c(c(C(C)(C)C)c1)C(C)(C)c1cc(N(c3ccc4c(c3)C(C)(C)c3ccccc3-4)c3cccc4c3-c3cc(-c5ccccc5)ccc3C4(C)C)ccc1-2. The number of benzene rings is 7. The van der Waals surface area contributed by atoms with Gasteiger partial charge in [-0.3, -0.25) is 0 Å². The van der Waals surface area contributed by atoms with E-state index in [9.17, 15) is 0 Å². The van der Waals surface area contributed by atoms with Crippen LogP contribution in [0.4, 0.5) is 17.1 Å². The molecule has 0 unspecified atom stereocenters. The van der Waals surface area contributed by atoms with Gasteiger partial charge in [0, 0.05) is 33.2 Å². The van der Waals surface area contributed by atoms with Crippen LogP contribution in [-0.4, -0.2) is 0 Å². The fourth-order valence-corrected chi connectivity index (χ4v) is 11.2. The minimum absolute atomic E-state index is 0.00227. The van der Waals surface area contributed by atoms with Gasteiger partial charge in [-0.15, -0.1) is 0 Å². The molecule has 1 nitrogen and oxygen atoms in total. The molecule has 3 aliphatic rings. The summed E-state index contributed by atoms with van der Waals surface area (Å²) in [5.74, 6) is 0. The summed E-state index contributed by atoms with van der Waals surface area (Å²) < 4.78 is 0. The fourth-order valence-electron chi connectivity index (χ4n) is 11.2. The van der Waals surface area contributed by atoms with E-state index in [1.165, 1.54) is 106 Å². The third-order valence-electron chi connectivity index (χ3n) is 14.5. The Balaban J connectivity index is 1.23. The average molecular weight is 782 g/mol. The van der Waals surface area contributed by atoms with Crippen molar-refractivity contribution in [1.82, 2.24) is 0 Å². The highest BCUT2D eigenvalue weighted by Gasteiger charge is 2.43. The molecule has 0 atom stereocenters. The van der Waals surface area contributed by atoms with Crippen LogP contribution in [0.25, 0.3) is 44.5 Å². The predicted octanol–water partition coefficient (Wildman–Crippen LogP) is 16.3. The molecule has 0 heterocycles. The molecular weight excluding hydrogens is 723 g/mol. The van der Waals surface area contributed by atoms with Crippen LogP contribution >= 0.6 is 0 Å². The quantitative estimate of drug-likeness (QED) is 0.172. The second-order valence-corrected chi connectivity index (χ2v) is 21.5. The van der Waals surface area contributed by atoms with Crippen molar-refractivity contribution < 1.29 is 0 Å². The zero-order valence-corrected chi connectivity index (χ0v) is 37.7. The van der Waals surface area contributed by atoms with Crippen molar-refractivity contribution in [2.75, 3.05) is 4.90 Å². The van der Waals surface area contributed by atoms with Gasteiger partial charge in [0.25, 0.3) is 0 Å². The van der Waals surface area contributed by atoms with Gasteiger partial charge in [0.1, 0.15) is 0 Å². The zero-order valence-electron chi connectivity index (χ0n) is 37.7. The molecule has 0 spiro atoms. The van der Waals surface area contributed by atoms with Gasteiger partial charge in [-0.2, -0.15) is 0 Å². The lowest BCUT2D eigenvalue weighted by Gasteiger charge is -2.33. The first kappa shape index (κ1) is 38.5. The minimum Gasteiger partial charge on any atom is -0.310 e. The topological polar surface area (TPSA) is 3.24 Å². The van der Waals surface area contributed by atoms with Crippen molar-refractivity contribution in [3.8, 4) is 44.5 Å². The maximum Gasteiger partial charge on any atom is 0.0543 e. The maximum absolute atomic E-state index is 2.59. The Bertz CT molecular complexity index is 2900. The van der Waals surface area contributed by atoms with Crippen molar-refractivity contribution >= 4 is 17.1 Å². The van der Waals surface area contributed by atoms with Crippen LogP contribution in [0.1, 0.15) is 128 Å². The smallest absolute Gasteiger partial charge is 0.0543 e. The molecule has 0 radical (unpaired) electrons. The summed E-state index contributed by atoms with van der Waals surface area (Å²) in [4.78, 5) is 2.59. The third kappa shape index (κ3) is 5.50. The summed E-state index contributed by atoms with van der Waals surface area (Å²) in [6.07, 6.45) is 0. The van der Waals surface area contributed by atoms with Crippen LogP contribution in [0.15, 0.2) is 140 Å². The molecule has 7 aromatic carbocycles. The van der Waals surface area contributed by atoms with Crippen LogP contribution < -0.4 is 4.90 Å². The molecule has 3 aliphatic carbocycles. The molecule has 0 aliphatic heterocycles. The fraction of sp³-hybridized carbons (Fsp3) is 0.288. The van der Waals surface area contributed by atoms with Crippen molar-refractivity contribution in [1.29, 1.82) is 0 Å². The predicted molar refractivity (Wildman–Crippen MR) is 257 cm³/mol. The second kappa shape index (κ2) is 12.7. The normalized spacial score (nSPS) is 16.1. The maximum atomic E-state index is 2.59. The van der Waals surface area contributed by atoms with Crippen LogP contribution in [0.3, 0.4) is 0 Å². The molecule has 1 heteroatoms. The number of fused-ring (bicyclic) bond motifs is 9. The van der Waals surface area contributed by atoms with Crippen LogP contribution in [0.5, 0.6) is 0 Å². The van der Waals surface area contributed by atoms with Gasteiger partial charge in [0.15, 0.2) is 0 Å². The Hall–Kier alpha value is -5.66. The second-order valence-electron chi connectivity index (χ2n) is 21.5. The molecule has 0 fully saturated rings. The van der Waals surface area contributed by atoms with E-state index in [-0.39, 0.29) is 27.1 Å². The lowest BCUT2D eigenvalue weighted by Crippen LogP contribution is -2.25. The van der Waals surface area contributed by atoms with Crippen molar-refractivity contribution in [3.63, 3.8) is 0 Å². The van der Waals surface area contributed by atoms with Gasteiger partial charge in [-0.05, 0) is 131 Å². The molecule has 0 N–H and O–H groups in total. The standard InChI is InChI=1S/C59H59N/c1-55(2,3)38-32-44-43-29-27-40(35-50(43)59(11,12)54(44)51(33-38)56(4,5)6)60(39-26-28-42-41-21-16-17-22-46(41)58(9,10)49(42)34-39)52-24-18-23-48-53(52)45-31-37(36-19-14-13-15-20-36)25-30-47(45)57(48,7)8/h13-35H,1-12H3. The summed E-state index contributed by atoms with van der Waals surface area (Å²) >= 11 is 0. The van der Waals surface area contributed by atoms with Crippen molar-refractivity contribution in [2.45, 2.75) is 110 Å². The molecule has 0 saturated carbocycles. The van der Waals surface area contributed by atoms with Crippen LogP contribution in [0, 0.1) is 0 Å². The Kier molecular flexibility index (Phi) is 8.15. The molecule has 7 aromatic rings. The highest BCUT2D eigenvalue weighted by atomic mass is 15.1. The van der Waals surface area contributed by atoms with Crippen LogP contribution in [-0.2, 0) is 27.1 Å². The first-order valence-electron chi connectivity index (χ1n) is 22.0. The van der Waals surface area contributed by atoms with Gasteiger partial charge >= 0.3 is 0 Å². The first-order valence-corrected chi connectivity index (χ1v) is 22.0. The summed E-state index contributed by atoms with van der Waals surface area (Å²) in [6.45, 7) is 28.7. The number of anilines is 3. The van der Waals surface area contributed by atoms with E-state index < -0.39 is 0 Å². The molecule has 10 rings (SSSR count). The largest absolute Gasteiger partial charge is 0.310 e. The molecule has 0 bridgehead atoms. The van der Waals surface area contributed by atoms with E-state index >= 15 is 0 Å². The molecule has 0 aromatic heterocycles. The van der Waals surface area contributed by atoms with E-state index in [1.807, 2.05) is 0 Å². The Morgan fingerprint density at radius 1 is 0.383 bits per heavy atom. The van der Waals surface area contributed by atoms with E-state index in [1.54, 1.807) is 0 Å². The van der Waals surface area contributed by atoms with Gasteiger partial charge in [0.2, 0.25) is 0 Å². The van der Waals surface area contributed by atoms with Crippen LogP contribution in [0.2, 0.25) is 0 Å². The number of nitrogens with zero attached hydrogens (tertiary/aromatic N) is 1. The summed E-state index contributed by atoms with van der Waals surface area (Å²) in [5, 5.41) is 0. The minimum atomic E-state index is -0.190. The van der Waals surface area contributed by atoms with E-state index in [0.29, 0.717) is 0 Å². The van der Waals surface area contributed by atoms with E-state index in [0.717, 1.165) is 0 Å². The Morgan fingerprint density at radius 3 is 1.62 bits per heavy atom. The van der Waals surface area contributed by atoms with Gasteiger partial charge < -0.3 is 4.90 Å². The van der Waals surface area contributed by atoms with Gasteiger partial charge in [-0.1, -0.05) is 186 Å². The molecule has 0 amide bonds. The summed E-state index contributed by atoms with van der Waals surface area (Å²) in [7, 11) is 0. The third-order valence-corrected chi connectivity index (χ3v) is 14.5. The molecular formula is C59H59N. The average Bonchev–Trinajstić information content (AvgIpc) is 3.69. The van der Waals surface area contributed by atoms with Gasteiger partial charge in [-0.25, -0.2) is 0 Å². The zero-order chi connectivity index (χ0) is 42.3. The summed E-state index contributed by atoms with van der Waals surface area (Å²) in [5.41, 5.74) is 25.0. The first-order chi connectivity index (χ1) is 28.3. The molecule has 300 valence electrons. The number of hydrogen-bond donors (Lipinski definition) is 0. The highest BCUT2D eigenvalue weighted by Crippen LogP contribution is 2.58. The summed E-state index contributed by atoms with van der Waals surface area (Å²) in [6, 6.07) is 53.6. The van der Waals surface area contributed by atoms with E-state index in [4.69, 9.17) is 0 Å². The molecule has 60 heavy (non-hydrogen) atoms. The lowest BCUT2D eigenvalue weighted by molar-refractivity contribution is 0.545.